The molecule has 2 heterocycles. The lowest BCUT2D eigenvalue weighted by molar-refractivity contribution is -0.153. The molecule has 0 spiro atoms. The molecular formula is C26H36N4O4S. The van der Waals surface area contributed by atoms with Crippen molar-refractivity contribution >= 4 is 29.1 Å². The summed E-state index contributed by atoms with van der Waals surface area (Å²) in [7, 11) is 0. The average molecular weight is 501 g/mol. The summed E-state index contributed by atoms with van der Waals surface area (Å²) in [6, 6.07) is 6.30. The summed E-state index contributed by atoms with van der Waals surface area (Å²) in [6.07, 6.45) is 0.283. The first-order valence-corrected chi connectivity index (χ1v) is 12.9. The van der Waals surface area contributed by atoms with E-state index in [1.54, 1.807) is 23.2 Å². The zero-order valence-corrected chi connectivity index (χ0v) is 22.2. The summed E-state index contributed by atoms with van der Waals surface area (Å²) < 4.78 is 5.56. The van der Waals surface area contributed by atoms with Gasteiger partial charge in [-0.05, 0) is 30.4 Å². The first-order valence-electron chi connectivity index (χ1n) is 12.0. The van der Waals surface area contributed by atoms with Crippen molar-refractivity contribution in [1.29, 1.82) is 0 Å². The normalized spacial score (nSPS) is 18.0. The minimum Gasteiger partial charge on any atom is -0.377 e. The fourth-order valence-electron chi connectivity index (χ4n) is 4.06. The second kappa shape index (κ2) is 11.3. The SMILES string of the molecule is CCC(=O)N[C@H](C(=O)N1CCOC[C@H]1C(=O)N[C@@H](C)c1ccc(-c2scnc2C)cc1)C(C)(C)C. The smallest absolute Gasteiger partial charge is 0.246 e. The third-order valence-electron chi connectivity index (χ3n) is 6.23. The van der Waals surface area contributed by atoms with Gasteiger partial charge in [-0.3, -0.25) is 14.4 Å². The van der Waals surface area contributed by atoms with Crippen LogP contribution in [0.1, 0.15) is 58.3 Å². The summed E-state index contributed by atoms with van der Waals surface area (Å²) >= 11 is 1.60. The van der Waals surface area contributed by atoms with E-state index in [4.69, 9.17) is 4.74 Å². The highest BCUT2D eigenvalue weighted by atomic mass is 32.1. The Kier molecular flexibility index (Phi) is 8.66. The molecule has 0 bridgehead atoms. The van der Waals surface area contributed by atoms with Crippen molar-refractivity contribution in [2.45, 2.75) is 66.1 Å². The summed E-state index contributed by atoms with van der Waals surface area (Å²) in [5.74, 6) is -0.736. The maximum Gasteiger partial charge on any atom is 0.246 e. The Morgan fingerprint density at radius 3 is 2.46 bits per heavy atom. The topological polar surface area (TPSA) is 101 Å². The number of carbonyl (C=O) groups excluding carboxylic acids is 3. The number of amides is 3. The van der Waals surface area contributed by atoms with Gasteiger partial charge < -0.3 is 20.3 Å². The molecule has 3 atom stereocenters. The molecule has 1 aliphatic heterocycles. The number of hydrogen-bond acceptors (Lipinski definition) is 6. The lowest BCUT2D eigenvalue weighted by atomic mass is 9.85. The number of nitrogens with zero attached hydrogens (tertiary/aromatic N) is 2. The van der Waals surface area contributed by atoms with Gasteiger partial charge in [0.1, 0.15) is 12.1 Å². The van der Waals surface area contributed by atoms with Crippen LogP contribution in [-0.2, 0) is 19.1 Å². The van der Waals surface area contributed by atoms with Gasteiger partial charge in [0.05, 0.1) is 35.3 Å². The van der Waals surface area contributed by atoms with E-state index < -0.39 is 17.5 Å². The van der Waals surface area contributed by atoms with Crippen molar-refractivity contribution in [2.24, 2.45) is 5.41 Å². The van der Waals surface area contributed by atoms with Gasteiger partial charge in [-0.1, -0.05) is 52.0 Å². The first kappa shape index (κ1) is 26.8. The van der Waals surface area contributed by atoms with E-state index in [2.05, 4.69) is 15.6 Å². The van der Waals surface area contributed by atoms with Gasteiger partial charge in [-0.25, -0.2) is 4.98 Å². The summed E-state index contributed by atoms with van der Waals surface area (Å²) in [5, 5.41) is 5.88. The number of rotatable bonds is 7. The van der Waals surface area contributed by atoms with Crippen molar-refractivity contribution in [3.63, 3.8) is 0 Å². The number of nitrogens with one attached hydrogen (secondary N) is 2. The van der Waals surface area contributed by atoms with Crippen LogP contribution in [0.15, 0.2) is 29.8 Å². The second-order valence-electron chi connectivity index (χ2n) is 9.96. The minimum absolute atomic E-state index is 0.118. The molecule has 9 heteroatoms. The van der Waals surface area contributed by atoms with Crippen LogP contribution in [0.4, 0.5) is 0 Å². The molecule has 1 saturated heterocycles. The Hall–Kier alpha value is -2.78. The number of benzene rings is 1. The fourth-order valence-corrected chi connectivity index (χ4v) is 4.87. The molecule has 2 N–H and O–H groups in total. The summed E-state index contributed by atoms with van der Waals surface area (Å²) in [6.45, 7) is 12.1. The van der Waals surface area contributed by atoms with Crippen molar-refractivity contribution in [3.05, 3.63) is 41.0 Å². The van der Waals surface area contributed by atoms with E-state index in [0.717, 1.165) is 21.7 Å². The van der Waals surface area contributed by atoms with E-state index >= 15 is 0 Å². The molecule has 190 valence electrons. The van der Waals surface area contributed by atoms with Crippen LogP contribution in [-0.4, -0.2) is 59.4 Å². The third kappa shape index (κ3) is 6.46. The zero-order valence-electron chi connectivity index (χ0n) is 21.4. The number of carbonyl (C=O) groups is 3. The maximum absolute atomic E-state index is 13.5. The van der Waals surface area contributed by atoms with Gasteiger partial charge >= 0.3 is 0 Å². The molecule has 1 aliphatic rings. The molecule has 0 saturated carbocycles. The van der Waals surface area contributed by atoms with E-state index in [1.165, 1.54) is 0 Å². The van der Waals surface area contributed by atoms with Crippen molar-refractivity contribution < 1.29 is 19.1 Å². The highest BCUT2D eigenvalue weighted by Crippen LogP contribution is 2.28. The molecule has 3 rings (SSSR count). The summed E-state index contributed by atoms with van der Waals surface area (Å²) in [5.41, 5.74) is 4.37. The zero-order chi connectivity index (χ0) is 25.8. The van der Waals surface area contributed by atoms with E-state index in [-0.39, 0.29) is 36.8 Å². The Labute approximate surface area is 211 Å². The Bertz CT molecular complexity index is 1040. The van der Waals surface area contributed by atoms with E-state index in [0.29, 0.717) is 13.2 Å². The Morgan fingerprint density at radius 1 is 1.20 bits per heavy atom. The van der Waals surface area contributed by atoms with Crippen molar-refractivity contribution in [1.82, 2.24) is 20.5 Å². The number of thiazole rings is 1. The lowest BCUT2D eigenvalue weighted by Crippen LogP contribution is -2.62. The Balaban J connectivity index is 1.72. The first-order chi connectivity index (χ1) is 16.5. The predicted molar refractivity (Wildman–Crippen MR) is 137 cm³/mol. The number of morpholine rings is 1. The highest BCUT2D eigenvalue weighted by molar-refractivity contribution is 7.13. The van der Waals surface area contributed by atoms with Crippen LogP contribution in [0, 0.1) is 12.3 Å². The molecule has 8 nitrogen and oxygen atoms in total. The molecular weight excluding hydrogens is 464 g/mol. The quantitative estimate of drug-likeness (QED) is 0.606. The molecule has 0 radical (unpaired) electrons. The van der Waals surface area contributed by atoms with Crippen LogP contribution in [0.3, 0.4) is 0 Å². The van der Waals surface area contributed by atoms with Crippen LogP contribution < -0.4 is 10.6 Å². The molecule has 0 unspecified atom stereocenters. The molecule has 1 aromatic carbocycles. The maximum atomic E-state index is 13.5. The predicted octanol–water partition coefficient (Wildman–Crippen LogP) is 3.46. The highest BCUT2D eigenvalue weighted by Gasteiger charge is 2.41. The van der Waals surface area contributed by atoms with Gasteiger partial charge in [0.2, 0.25) is 17.7 Å². The van der Waals surface area contributed by atoms with Gasteiger partial charge in [0, 0.05) is 13.0 Å². The number of hydrogen-bond donors (Lipinski definition) is 2. The third-order valence-corrected chi connectivity index (χ3v) is 7.21. The van der Waals surface area contributed by atoms with E-state index in [9.17, 15) is 14.4 Å². The Morgan fingerprint density at radius 2 is 1.89 bits per heavy atom. The fraction of sp³-hybridized carbons (Fsp3) is 0.538. The second-order valence-corrected chi connectivity index (χ2v) is 10.8. The average Bonchev–Trinajstić information content (AvgIpc) is 3.27. The number of aromatic nitrogens is 1. The van der Waals surface area contributed by atoms with Crippen molar-refractivity contribution in [2.75, 3.05) is 19.8 Å². The van der Waals surface area contributed by atoms with Crippen LogP contribution in [0.2, 0.25) is 0 Å². The van der Waals surface area contributed by atoms with Crippen LogP contribution in [0.25, 0.3) is 10.4 Å². The monoisotopic (exact) mass is 500 g/mol. The largest absolute Gasteiger partial charge is 0.377 e. The van der Waals surface area contributed by atoms with Gasteiger partial charge in [-0.2, -0.15) is 0 Å². The summed E-state index contributed by atoms with van der Waals surface area (Å²) in [4.78, 5) is 45.9. The van der Waals surface area contributed by atoms with Gasteiger partial charge in [0.15, 0.2) is 0 Å². The number of ether oxygens (including phenoxy) is 1. The van der Waals surface area contributed by atoms with Crippen LogP contribution in [0.5, 0.6) is 0 Å². The standard InChI is InChI=1S/C26H36N4O4S/c1-7-21(31)29-23(26(4,5)6)25(33)30-12-13-34-14-20(30)24(32)28-16(2)18-8-10-19(11-9-18)22-17(3)27-15-35-22/h8-11,15-16,20,23H,7,12-14H2,1-6H3,(H,28,32)(H,29,31)/t16-,20-,23+/m0/s1. The molecule has 1 aromatic heterocycles. The van der Waals surface area contributed by atoms with Crippen LogP contribution >= 0.6 is 11.3 Å². The van der Waals surface area contributed by atoms with Gasteiger partial charge in [-0.15, -0.1) is 11.3 Å². The molecule has 3 amide bonds. The molecule has 0 aliphatic carbocycles. The molecule has 1 fully saturated rings. The minimum atomic E-state index is -0.763. The molecule has 35 heavy (non-hydrogen) atoms. The van der Waals surface area contributed by atoms with Gasteiger partial charge in [0.25, 0.3) is 0 Å². The number of aryl methyl sites for hydroxylation is 1. The molecule has 2 aromatic rings. The van der Waals surface area contributed by atoms with Crippen molar-refractivity contribution in [3.8, 4) is 10.4 Å². The van der Waals surface area contributed by atoms with E-state index in [1.807, 2.05) is 64.4 Å². The lowest BCUT2D eigenvalue weighted by Gasteiger charge is -2.40.